The average Bonchev–Trinajstić information content (AvgIpc) is 3.09. The zero-order valence-electron chi connectivity index (χ0n) is 29.0. The molecule has 0 fully saturated rings. The van der Waals surface area contributed by atoms with Crippen molar-refractivity contribution in [1.29, 1.82) is 0 Å². The smallest absolute Gasteiger partial charge is 0.222 e. The number of carbonyl (C=O) groups is 5. The Morgan fingerprint density at radius 2 is 1.39 bits per heavy atom. The molecule has 1 aliphatic carbocycles. The van der Waals surface area contributed by atoms with Gasteiger partial charge in [-0.3, -0.25) is 19.2 Å². The van der Waals surface area contributed by atoms with Crippen molar-refractivity contribution >= 4 is 38.9 Å². The van der Waals surface area contributed by atoms with E-state index in [-0.39, 0.29) is 105 Å². The summed E-state index contributed by atoms with van der Waals surface area (Å²) in [6.45, 7) is 8.26. The first-order valence-corrected chi connectivity index (χ1v) is 17.1. The first kappa shape index (κ1) is 43.7. The van der Waals surface area contributed by atoms with Crippen LogP contribution in [-0.4, -0.2) is 111 Å². The summed E-state index contributed by atoms with van der Waals surface area (Å²) in [6.07, 6.45) is 9.56. The number of amides is 4. The van der Waals surface area contributed by atoms with Gasteiger partial charge in [0.25, 0.3) is 0 Å². The lowest BCUT2D eigenvalue weighted by atomic mass is 9.91. The average molecular weight is 713 g/mol. The summed E-state index contributed by atoms with van der Waals surface area (Å²) < 4.78 is 26.7. The van der Waals surface area contributed by atoms with E-state index in [1.165, 1.54) is 0 Å². The number of hydrogen-bond donors (Lipinski definition) is 5. The molecule has 1 unspecified atom stereocenters. The molecule has 6 N–H and O–H groups in total. The molecule has 1 aliphatic rings. The minimum absolute atomic E-state index is 0.0123. The Morgan fingerprint density at radius 3 is 1.96 bits per heavy atom. The van der Waals surface area contributed by atoms with E-state index in [4.69, 9.17) is 23.8 Å². The quantitative estimate of drug-likeness (QED) is 0.0150. The monoisotopic (exact) mass is 712 g/mol. The van der Waals surface area contributed by atoms with Crippen LogP contribution >= 0.6 is 9.03 Å². The highest BCUT2D eigenvalue weighted by Gasteiger charge is 2.34. The first-order valence-electron chi connectivity index (χ1n) is 16.3. The Bertz CT molecular complexity index is 1100. The number of hydrogen-bond acceptors (Lipinski definition) is 10. The van der Waals surface area contributed by atoms with Crippen LogP contribution < -0.4 is 21.3 Å². The Morgan fingerprint density at radius 1 is 0.816 bits per heavy atom. The van der Waals surface area contributed by atoms with Crippen molar-refractivity contribution in [3.05, 3.63) is 47.5 Å². The van der Waals surface area contributed by atoms with Crippen molar-refractivity contribution in [2.24, 2.45) is 0 Å². The van der Waals surface area contributed by atoms with Crippen LogP contribution in [0.1, 0.15) is 59.8 Å². The second kappa shape index (κ2) is 26.6. The maximum Gasteiger partial charge on any atom is 0.222 e. The van der Waals surface area contributed by atoms with E-state index in [0.717, 1.165) is 24.2 Å². The third-order valence-electron chi connectivity index (χ3n) is 6.98. The molecule has 49 heavy (non-hydrogen) atoms. The molecule has 1 atom stereocenters. The van der Waals surface area contributed by atoms with Crippen LogP contribution in [0.15, 0.2) is 35.5 Å². The summed E-state index contributed by atoms with van der Waals surface area (Å²) in [7, 11) is -0.0803. The minimum Gasteiger partial charge on any atom is -0.603 e. The van der Waals surface area contributed by atoms with Crippen LogP contribution in [0.25, 0.3) is 0 Å². The first-order chi connectivity index (χ1) is 23.6. The molecule has 4 amide bonds. The van der Waals surface area contributed by atoms with Gasteiger partial charge in [0.1, 0.15) is 18.6 Å². The topological polar surface area (TPSA) is 203 Å². The molecule has 0 aromatic heterocycles. The SMILES string of the molecule is CCCNC(=O)CCOCC(COCCC=O)(COCCC(=O)NCC)NC(=O)CCOCNC(=O)C(C)=C(C)[C-]1C=C[C-]([OH+][P-]O)C=C1. The van der Waals surface area contributed by atoms with Gasteiger partial charge in [-0.25, -0.2) is 18.1 Å². The molecule has 0 saturated heterocycles. The van der Waals surface area contributed by atoms with Gasteiger partial charge < -0.3 is 54.4 Å². The van der Waals surface area contributed by atoms with Crippen molar-refractivity contribution in [1.82, 2.24) is 21.3 Å². The molecule has 0 saturated carbocycles. The van der Waals surface area contributed by atoms with Crippen molar-refractivity contribution < 1.29 is 52.3 Å². The third-order valence-corrected chi connectivity index (χ3v) is 7.30. The maximum absolute atomic E-state index is 13.1. The number of aliphatic hydroxyl groups is 1. The van der Waals surface area contributed by atoms with E-state index in [1.54, 1.807) is 19.1 Å². The van der Waals surface area contributed by atoms with Gasteiger partial charge >= 0.3 is 0 Å². The number of rotatable bonds is 28. The molecular weight excluding hydrogens is 659 g/mol. The highest BCUT2D eigenvalue weighted by atomic mass is 31.1. The van der Waals surface area contributed by atoms with Crippen molar-refractivity contribution in [3.63, 3.8) is 0 Å². The number of nitrogens with one attached hydrogen (secondary N) is 4. The van der Waals surface area contributed by atoms with E-state index in [2.05, 4.69) is 25.8 Å². The van der Waals surface area contributed by atoms with Gasteiger partial charge in [-0.05, 0) is 22.4 Å². The van der Waals surface area contributed by atoms with Crippen molar-refractivity contribution in [3.8, 4) is 0 Å². The van der Waals surface area contributed by atoms with Gasteiger partial charge in [-0.1, -0.05) is 26.3 Å². The summed E-state index contributed by atoms with van der Waals surface area (Å²) in [5.41, 5.74) is 0.0491. The van der Waals surface area contributed by atoms with E-state index < -0.39 is 11.4 Å². The van der Waals surface area contributed by atoms with Crippen molar-refractivity contribution in [2.45, 2.75) is 65.3 Å². The van der Waals surface area contributed by atoms with Crippen LogP contribution in [-0.2, 0) is 42.9 Å². The highest BCUT2D eigenvalue weighted by Crippen LogP contribution is 2.27. The zero-order valence-corrected chi connectivity index (χ0v) is 29.9. The van der Waals surface area contributed by atoms with Crippen LogP contribution in [0.3, 0.4) is 0 Å². The summed E-state index contributed by atoms with van der Waals surface area (Å²) in [6, 6.07) is 0. The van der Waals surface area contributed by atoms with Crippen LogP contribution in [0.2, 0.25) is 0 Å². The van der Waals surface area contributed by atoms with E-state index in [1.807, 2.05) is 32.9 Å². The van der Waals surface area contributed by atoms with Gasteiger partial charge in [-0.2, -0.15) is 12.2 Å². The Kier molecular flexibility index (Phi) is 23.7. The van der Waals surface area contributed by atoms with E-state index >= 15 is 0 Å². The number of carbonyl (C=O) groups excluding carboxylic acids is 5. The fourth-order valence-electron chi connectivity index (χ4n) is 4.20. The van der Waals surface area contributed by atoms with Crippen LogP contribution in [0, 0.1) is 12.0 Å². The molecule has 15 nitrogen and oxygen atoms in total. The standard InChI is InChI=1S/C33H53N4O11P/c1-5-15-35-30(40)13-19-46-23-33(21-44-17-7-16-38,22-45-18-12-29(39)34-6-2)37-31(41)14-20-47-24-36-32(42)26(4)25(3)27-8-10-28(11-9-27)48-49-43/h8-11,16,43,48H,5-7,12-15,17-24H2,1-4H3,(H,34,39)(H,35,40)(H,36,42)(H,37,41)/q-2. The lowest BCUT2D eigenvalue weighted by molar-refractivity contribution is -0.131. The molecule has 0 bridgehead atoms. The van der Waals surface area contributed by atoms with Gasteiger partial charge in [-0.15, -0.1) is 5.57 Å². The summed E-state index contributed by atoms with van der Waals surface area (Å²) in [4.78, 5) is 69.4. The van der Waals surface area contributed by atoms with Gasteiger partial charge in [0.15, 0.2) is 0 Å². The summed E-state index contributed by atoms with van der Waals surface area (Å²) in [5, 5.41) is 11.1. The highest BCUT2D eigenvalue weighted by molar-refractivity contribution is 7.24. The summed E-state index contributed by atoms with van der Waals surface area (Å²) >= 11 is 0. The fraction of sp³-hybridized carbons (Fsp3) is 0.606. The van der Waals surface area contributed by atoms with Crippen LogP contribution in [0.5, 0.6) is 0 Å². The van der Waals surface area contributed by atoms with E-state index in [0.29, 0.717) is 24.8 Å². The Hall–Kier alpha value is -3.30. The van der Waals surface area contributed by atoms with Gasteiger partial charge in [0.2, 0.25) is 23.6 Å². The van der Waals surface area contributed by atoms with Gasteiger partial charge in [0, 0.05) is 38.5 Å². The molecule has 278 valence electrons. The minimum atomic E-state index is -1.20. The van der Waals surface area contributed by atoms with E-state index in [9.17, 15) is 24.0 Å². The fourth-order valence-corrected chi connectivity index (χ4v) is 4.43. The third kappa shape index (κ3) is 19.5. The molecule has 0 aromatic rings. The molecule has 0 radical (unpaired) electrons. The number of aldehydes is 1. The molecule has 0 aromatic carbocycles. The van der Waals surface area contributed by atoms with Crippen LogP contribution in [0.4, 0.5) is 0 Å². The summed E-state index contributed by atoms with van der Waals surface area (Å²) in [5.74, 6) is -0.255. The predicted octanol–water partition coefficient (Wildman–Crippen LogP) is 1.27. The maximum atomic E-state index is 13.1. The lowest BCUT2D eigenvalue weighted by Crippen LogP contribution is -2.59. The zero-order chi connectivity index (χ0) is 36.3. The lowest BCUT2D eigenvalue weighted by Gasteiger charge is -2.34. The molecule has 16 heteroatoms. The molecule has 0 spiro atoms. The predicted molar refractivity (Wildman–Crippen MR) is 183 cm³/mol. The Balaban J connectivity index is 2.76. The molecular formula is C33H53N4O11P-2. The second-order valence-corrected chi connectivity index (χ2v) is 11.4. The second-order valence-electron chi connectivity index (χ2n) is 11.0. The number of ether oxygens (including phenoxy) is 4. The molecule has 0 heterocycles. The Labute approximate surface area is 291 Å². The largest absolute Gasteiger partial charge is 0.603 e. The normalized spacial score (nSPS) is 14.4. The van der Waals surface area contributed by atoms with Gasteiger partial charge in [0.05, 0.1) is 52.7 Å². The molecule has 1 rings (SSSR count). The molecule has 0 aliphatic heterocycles. The number of allylic oxidation sites excluding steroid dienone is 3. The van der Waals surface area contributed by atoms with Crippen molar-refractivity contribution in [2.75, 3.05) is 66.1 Å².